The Balaban J connectivity index is 1.61. The normalized spacial score (nSPS) is 11.3. The second kappa shape index (κ2) is 10.0. The van der Waals surface area contributed by atoms with E-state index in [0.717, 1.165) is 58.6 Å². The van der Waals surface area contributed by atoms with Gasteiger partial charge < -0.3 is 4.74 Å². The van der Waals surface area contributed by atoms with Crippen molar-refractivity contribution < 1.29 is 4.74 Å². The fourth-order valence-corrected chi connectivity index (χ4v) is 4.25. The summed E-state index contributed by atoms with van der Waals surface area (Å²) in [6.45, 7) is 2.87. The summed E-state index contributed by atoms with van der Waals surface area (Å²) in [6, 6.07) is 28.1. The van der Waals surface area contributed by atoms with E-state index < -0.39 is 0 Å². The summed E-state index contributed by atoms with van der Waals surface area (Å²) in [4.78, 5) is 4.82. The number of unbranched alkanes of at least 4 members (excludes halogenated alkanes) is 1. The molecule has 0 saturated heterocycles. The third kappa shape index (κ3) is 4.64. The van der Waals surface area contributed by atoms with Crippen molar-refractivity contribution in [2.24, 2.45) is 0 Å². The van der Waals surface area contributed by atoms with Crippen molar-refractivity contribution in [1.82, 2.24) is 9.38 Å². The molecule has 0 aliphatic carbocycles. The van der Waals surface area contributed by atoms with Crippen molar-refractivity contribution >= 4 is 40.4 Å². The van der Waals surface area contributed by atoms with Gasteiger partial charge in [-0.1, -0.05) is 73.5 Å². The summed E-state index contributed by atoms with van der Waals surface area (Å²) in [5, 5.41) is 10.8. The molecule has 0 aliphatic rings. The Morgan fingerprint density at radius 2 is 1.77 bits per heavy atom. The summed E-state index contributed by atoms with van der Waals surface area (Å²) < 4.78 is 7.82. The predicted molar refractivity (Wildman–Crippen MR) is 144 cm³/mol. The molecule has 2 heterocycles. The highest BCUT2D eigenvalue weighted by Crippen LogP contribution is 2.31. The monoisotopic (exact) mass is 477 g/mol. The van der Waals surface area contributed by atoms with Crippen molar-refractivity contribution in [1.29, 1.82) is 5.26 Å². The molecule has 0 N–H and O–H groups in total. The number of aromatic nitrogens is 2. The highest BCUT2D eigenvalue weighted by molar-refractivity contribution is 6.30. The molecule has 35 heavy (non-hydrogen) atoms. The summed E-state index contributed by atoms with van der Waals surface area (Å²) in [7, 11) is 0. The average molecular weight is 478 g/mol. The Morgan fingerprint density at radius 3 is 2.51 bits per heavy atom. The zero-order valence-corrected chi connectivity index (χ0v) is 20.2. The highest BCUT2D eigenvalue weighted by atomic mass is 35.5. The van der Waals surface area contributed by atoms with Gasteiger partial charge in [-0.25, -0.2) is 4.98 Å². The molecule has 0 unspecified atom stereocenters. The number of nitriles is 1. The van der Waals surface area contributed by atoms with E-state index in [9.17, 15) is 5.26 Å². The van der Waals surface area contributed by atoms with Crippen LogP contribution in [0.15, 0.2) is 78.9 Å². The number of ether oxygens (including phenoxy) is 1. The van der Waals surface area contributed by atoms with Gasteiger partial charge in [0, 0.05) is 5.02 Å². The van der Waals surface area contributed by atoms with E-state index in [4.69, 9.17) is 21.3 Å². The van der Waals surface area contributed by atoms with Crippen molar-refractivity contribution in [2.75, 3.05) is 6.61 Å². The van der Waals surface area contributed by atoms with Crippen molar-refractivity contribution in [3.05, 3.63) is 101 Å². The SMILES string of the molecule is CCCCOc1ccc(C=Cc2cc(-c3ccc(Cl)cc3)n3c(nc4ccccc43)c2C#N)cc1. The highest BCUT2D eigenvalue weighted by Gasteiger charge is 2.17. The van der Waals surface area contributed by atoms with Gasteiger partial charge in [0.2, 0.25) is 0 Å². The van der Waals surface area contributed by atoms with E-state index >= 15 is 0 Å². The van der Waals surface area contributed by atoms with Gasteiger partial charge in [-0.2, -0.15) is 5.26 Å². The van der Waals surface area contributed by atoms with Crippen molar-refractivity contribution in [3.8, 4) is 23.1 Å². The number of para-hydroxylation sites is 2. The maximum atomic E-state index is 10.1. The first-order valence-electron chi connectivity index (χ1n) is 11.7. The number of pyridine rings is 1. The lowest BCUT2D eigenvalue weighted by atomic mass is 10.0. The van der Waals surface area contributed by atoms with Crippen molar-refractivity contribution in [3.63, 3.8) is 0 Å². The van der Waals surface area contributed by atoms with E-state index in [0.29, 0.717) is 16.2 Å². The quantitative estimate of drug-likeness (QED) is 0.223. The molecule has 0 atom stereocenters. The number of fused-ring (bicyclic) bond motifs is 3. The summed E-state index contributed by atoms with van der Waals surface area (Å²) in [5.74, 6) is 0.865. The zero-order valence-electron chi connectivity index (χ0n) is 19.4. The number of hydrogen-bond acceptors (Lipinski definition) is 3. The van der Waals surface area contributed by atoms with Gasteiger partial charge in [0.25, 0.3) is 0 Å². The second-order valence-corrected chi connectivity index (χ2v) is 8.78. The number of benzene rings is 3. The fourth-order valence-electron chi connectivity index (χ4n) is 4.13. The molecule has 0 radical (unpaired) electrons. The number of nitrogens with zero attached hydrogens (tertiary/aromatic N) is 3. The van der Waals surface area contributed by atoms with Gasteiger partial charge in [-0.15, -0.1) is 0 Å². The second-order valence-electron chi connectivity index (χ2n) is 8.34. The fraction of sp³-hybridized carbons (Fsp3) is 0.133. The largest absolute Gasteiger partial charge is 0.494 e. The van der Waals surface area contributed by atoms with E-state index in [1.54, 1.807) is 0 Å². The lowest BCUT2D eigenvalue weighted by Crippen LogP contribution is -1.98. The van der Waals surface area contributed by atoms with Gasteiger partial charge in [-0.05, 0) is 65.6 Å². The smallest absolute Gasteiger partial charge is 0.157 e. The molecule has 0 saturated carbocycles. The number of hydrogen-bond donors (Lipinski definition) is 0. The van der Waals surface area contributed by atoms with Crippen LogP contribution in [0, 0.1) is 11.3 Å². The van der Waals surface area contributed by atoms with Gasteiger partial charge in [0.15, 0.2) is 5.65 Å². The van der Waals surface area contributed by atoms with Crippen LogP contribution >= 0.6 is 11.6 Å². The third-order valence-corrected chi connectivity index (χ3v) is 6.21. The first-order chi connectivity index (χ1) is 17.2. The summed E-state index contributed by atoms with van der Waals surface area (Å²) in [6.07, 6.45) is 6.14. The first-order valence-corrected chi connectivity index (χ1v) is 12.1. The molecular formula is C30H24ClN3O. The maximum absolute atomic E-state index is 10.1. The molecule has 172 valence electrons. The zero-order chi connectivity index (χ0) is 24.2. The molecule has 0 aliphatic heterocycles. The van der Waals surface area contributed by atoms with E-state index in [2.05, 4.69) is 17.4 Å². The Kier molecular flexibility index (Phi) is 6.52. The Labute approximate surface area is 209 Å². The number of rotatable bonds is 7. The number of halogens is 1. The van der Waals surface area contributed by atoms with Gasteiger partial charge in [-0.3, -0.25) is 4.40 Å². The van der Waals surface area contributed by atoms with Crippen molar-refractivity contribution in [2.45, 2.75) is 19.8 Å². The minimum absolute atomic E-state index is 0.537. The van der Waals surface area contributed by atoms with Crippen LogP contribution in [-0.2, 0) is 0 Å². The molecule has 0 fully saturated rings. The predicted octanol–water partition coefficient (Wildman–Crippen LogP) is 8.03. The summed E-state index contributed by atoms with van der Waals surface area (Å²) >= 11 is 6.15. The molecule has 5 aromatic rings. The molecule has 0 spiro atoms. The van der Waals surface area contributed by atoms with Crippen LogP contribution in [0.2, 0.25) is 5.02 Å². The van der Waals surface area contributed by atoms with Crippen LogP contribution in [0.5, 0.6) is 5.75 Å². The third-order valence-electron chi connectivity index (χ3n) is 5.96. The topological polar surface area (TPSA) is 50.3 Å². The minimum atomic E-state index is 0.537. The van der Waals surface area contributed by atoms with Crippen LogP contribution < -0.4 is 4.74 Å². The Bertz CT molecular complexity index is 1560. The molecule has 2 aromatic heterocycles. The lowest BCUT2D eigenvalue weighted by molar-refractivity contribution is 0.309. The standard InChI is InChI=1S/C30H24ClN3O/c1-2-3-18-35-25-16-9-21(10-17-25)8-11-23-19-29(22-12-14-24(31)15-13-22)34-28-7-5-4-6-27(28)33-30(34)26(23)20-32/h4-17,19H,2-3,18H2,1H3. The summed E-state index contributed by atoms with van der Waals surface area (Å²) in [5.41, 5.74) is 6.76. The van der Waals surface area contributed by atoms with Gasteiger partial charge >= 0.3 is 0 Å². The van der Waals surface area contributed by atoms with Crippen LogP contribution in [0.1, 0.15) is 36.5 Å². The average Bonchev–Trinajstić information content (AvgIpc) is 3.28. The molecule has 0 amide bonds. The molecule has 3 aromatic carbocycles. The minimum Gasteiger partial charge on any atom is -0.494 e. The molecule has 5 rings (SSSR count). The van der Waals surface area contributed by atoms with Crippen LogP contribution in [0.4, 0.5) is 0 Å². The Hall–Kier alpha value is -4.07. The maximum Gasteiger partial charge on any atom is 0.157 e. The van der Waals surface area contributed by atoms with Crippen LogP contribution in [0.3, 0.4) is 0 Å². The van der Waals surface area contributed by atoms with Gasteiger partial charge in [0.05, 0.1) is 23.3 Å². The first kappa shape index (κ1) is 22.7. The molecule has 4 nitrogen and oxygen atoms in total. The lowest BCUT2D eigenvalue weighted by Gasteiger charge is -2.11. The van der Waals surface area contributed by atoms with E-state index in [-0.39, 0.29) is 0 Å². The van der Waals surface area contributed by atoms with E-state index in [1.807, 2.05) is 91.0 Å². The molecule has 5 heteroatoms. The Morgan fingerprint density at radius 1 is 1.00 bits per heavy atom. The van der Waals surface area contributed by atoms with Crippen LogP contribution in [0.25, 0.3) is 40.1 Å². The van der Waals surface area contributed by atoms with E-state index in [1.165, 1.54) is 0 Å². The van der Waals surface area contributed by atoms with Crippen LogP contribution in [-0.4, -0.2) is 16.0 Å². The molecular weight excluding hydrogens is 454 g/mol. The molecule has 0 bridgehead atoms. The van der Waals surface area contributed by atoms with Gasteiger partial charge in [0.1, 0.15) is 17.4 Å². The number of imidazole rings is 1.